The van der Waals surface area contributed by atoms with Gasteiger partial charge in [-0.15, -0.1) is 0 Å². The molecule has 3 amide bonds. The number of urea groups is 1. The number of hydrogen-bond donors (Lipinski definition) is 1. The maximum atomic E-state index is 13.5. The SMILES string of the molecule is Cc1ccc(N2CCCN3C4C(=O)N(Cc5ccc(Cl)cc5)C(=O)N(C)C4NC23)cc1. The molecule has 0 bridgehead atoms. The molecule has 3 aliphatic rings. The lowest BCUT2D eigenvalue weighted by Crippen LogP contribution is -2.66. The lowest BCUT2D eigenvalue weighted by Gasteiger charge is -2.44. The maximum absolute atomic E-state index is 13.5. The second kappa shape index (κ2) is 7.82. The first kappa shape index (κ1) is 20.3. The van der Waals surface area contributed by atoms with E-state index in [4.69, 9.17) is 11.6 Å². The van der Waals surface area contributed by atoms with Crippen LogP contribution >= 0.6 is 11.6 Å². The quantitative estimate of drug-likeness (QED) is 0.797. The molecule has 1 N–H and O–H groups in total. The molecule has 7 nitrogen and oxygen atoms in total. The van der Waals surface area contributed by atoms with Crippen LogP contribution in [0.5, 0.6) is 0 Å². The Morgan fingerprint density at radius 3 is 2.45 bits per heavy atom. The van der Waals surface area contributed by atoms with E-state index in [9.17, 15) is 9.59 Å². The average molecular weight is 440 g/mol. The summed E-state index contributed by atoms with van der Waals surface area (Å²) in [5.74, 6) is -0.149. The summed E-state index contributed by atoms with van der Waals surface area (Å²) in [5, 5.41) is 4.18. The third-order valence-corrected chi connectivity index (χ3v) is 6.74. The summed E-state index contributed by atoms with van der Waals surface area (Å²) in [5.41, 5.74) is 3.20. The van der Waals surface area contributed by atoms with Crippen molar-refractivity contribution in [2.45, 2.75) is 38.4 Å². The second-order valence-electron chi connectivity index (χ2n) is 8.49. The number of nitrogens with zero attached hydrogens (tertiary/aromatic N) is 4. The van der Waals surface area contributed by atoms with Crippen molar-refractivity contribution in [2.24, 2.45) is 0 Å². The number of benzene rings is 2. The van der Waals surface area contributed by atoms with E-state index in [1.807, 2.05) is 12.1 Å². The Kier molecular flexibility index (Phi) is 5.12. The number of carbonyl (C=O) groups excluding carboxylic acids is 2. The van der Waals surface area contributed by atoms with Gasteiger partial charge in [-0.2, -0.15) is 0 Å². The van der Waals surface area contributed by atoms with E-state index in [0.717, 1.165) is 30.8 Å². The standard InChI is InChI=1S/C23H26ClN5O2/c1-15-4-10-18(11-5-15)27-12-3-13-28-19-20(25-22(27)28)26(2)23(31)29(21(19)30)14-16-6-8-17(24)9-7-16/h4-11,19-20,22,25H,3,12-14H2,1-2H3. The molecule has 0 spiro atoms. The topological polar surface area (TPSA) is 59.1 Å². The van der Waals surface area contributed by atoms with Crippen molar-refractivity contribution in [3.05, 3.63) is 64.7 Å². The first-order valence-electron chi connectivity index (χ1n) is 10.6. The zero-order chi connectivity index (χ0) is 21.7. The van der Waals surface area contributed by atoms with E-state index < -0.39 is 6.04 Å². The van der Waals surface area contributed by atoms with Gasteiger partial charge in [0.2, 0.25) is 0 Å². The Morgan fingerprint density at radius 2 is 1.74 bits per heavy atom. The Balaban J connectivity index is 1.42. The van der Waals surface area contributed by atoms with Crippen molar-refractivity contribution in [1.82, 2.24) is 20.0 Å². The van der Waals surface area contributed by atoms with E-state index in [0.29, 0.717) is 5.02 Å². The summed E-state index contributed by atoms with van der Waals surface area (Å²) in [6.07, 6.45) is 0.482. The minimum absolute atomic E-state index is 0.124. The summed E-state index contributed by atoms with van der Waals surface area (Å²) in [7, 11) is 1.77. The van der Waals surface area contributed by atoms with Gasteiger partial charge in [-0.05, 0) is 43.2 Å². The molecule has 31 heavy (non-hydrogen) atoms. The predicted molar refractivity (Wildman–Crippen MR) is 120 cm³/mol. The minimum atomic E-state index is -0.409. The van der Waals surface area contributed by atoms with E-state index >= 15 is 0 Å². The number of carbonyl (C=O) groups is 2. The maximum Gasteiger partial charge on any atom is 0.328 e. The molecule has 0 aliphatic carbocycles. The normalized spacial score (nSPS) is 26.3. The van der Waals surface area contributed by atoms with Crippen molar-refractivity contribution in [1.29, 1.82) is 0 Å². The average Bonchev–Trinajstić information content (AvgIpc) is 3.17. The number of rotatable bonds is 3. The monoisotopic (exact) mass is 439 g/mol. The highest BCUT2D eigenvalue weighted by Crippen LogP contribution is 2.33. The highest BCUT2D eigenvalue weighted by atomic mass is 35.5. The number of fused-ring (bicyclic) bond motifs is 3. The Bertz CT molecular complexity index is 996. The fourth-order valence-electron chi connectivity index (χ4n) is 4.84. The Hall–Kier alpha value is -2.61. The Morgan fingerprint density at radius 1 is 1.03 bits per heavy atom. The van der Waals surface area contributed by atoms with Crippen molar-refractivity contribution in [3.8, 4) is 0 Å². The van der Waals surface area contributed by atoms with Crippen molar-refractivity contribution >= 4 is 29.2 Å². The van der Waals surface area contributed by atoms with Gasteiger partial charge < -0.3 is 9.80 Å². The number of halogens is 1. The van der Waals surface area contributed by atoms with Crippen molar-refractivity contribution in [3.63, 3.8) is 0 Å². The Labute approximate surface area is 187 Å². The van der Waals surface area contributed by atoms with Crippen LogP contribution in [0.2, 0.25) is 5.02 Å². The van der Waals surface area contributed by atoms with Crippen LogP contribution in [0, 0.1) is 6.92 Å². The van der Waals surface area contributed by atoms with Crippen LogP contribution in [-0.2, 0) is 11.3 Å². The largest absolute Gasteiger partial charge is 0.343 e. The first-order valence-corrected chi connectivity index (χ1v) is 11.0. The summed E-state index contributed by atoms with van der Waals surface area (Å²) in [6, 6.07) is 15.0. The number of anilines is 1. The van der Waals surface area contributed by atoms with Crippen molar-refractivity contribution < 1.29 is 9.59 Å². The fraction of sp³-hybridized carbons (Fsp3) is 0.391. The second-order valence-corrected chi connectivity index (χ2v) is 8.93. The van der Waals surface area contributed by atoms with E-state index in [2.05, 4.69) is 46.3 Å². The fourth-order valence-corrected chi connectivity index (χ4v) is 4.96. The highest BCUT2D eigenvalue weighted by molar-refractivity contribution is 6.30. The van der Waals surface area contributed by atoms with Crippen LogP contribution in [0.25, 0.3) is 0 Å². The van der Waals surface area contributed by atoms with Gasteiger partial charge in [-0.3, -0.25) is 19.9 Å². The number of amides is 3. The number of likely N-dealkylation sites (N-methyl/N-ethyl adjacent to an activating group) is 1. The number of nitrogens with one attached hydrogen (secondary N) is 1. The summed E-state index contributed by atoms with van der Waals surface area (Å²) in [4.78, 5) is 34.1. The van der Waals surface area contributed by atoms with Crippen LogP contribution in [0.1, 0.15) is 17.5 Å². The number of aryl methyl sites for hydroxylation is 1. The number of hydrogen-bond acceptors (Lipinski definition) is 5. The zero-order valence-corrected chi connectivity index (χ0v) is 18.4. The van der Waals surface area contributed by atoms with E-state index in [1.54, 1.807) is 24.1 Å². The van der Waals surface area contributed by atoms with Crippen LogP contribution in [-0.4, -0.2) is 65.3 Å². The molecule has 162 valence electrons. The third-order valence-electron chi connectivity index (χ3n) is 6.49. The van der Waals surface area contributed by atoms with Gasteiger partial charge in [0.05, 0.1) is 6.54 Å². The molecular weight excluding hydrogens is 414 g/mol. The third kappa shape index (κ3) is 3.46. The molecule has 3 heterocycles. The summed E-state index contributed by atoms with van der Waals surface area (Å²) in [6.45, 7) is 4.02. The lowest BCUT2D eigenvalue weighted by atomic mass is 10.1. The molecule has 3 unspecified atom stereocenters. The molecule has 0 aromatic heterocycles. The summed E-state index contributed by atoms with van der Waals surface area (Å²) >= 11 is 5.98. The van der Waals surface area contributed by atoms with Crippen LogP contribution in [0.15, 0.2) is 48.5 Å². The van der Waals surface area contributed by atoms with Crippen LogP contribution < -0.4 is 10.2 Å². The van der Waals surface area contributed by atoms with E-state index in [1.165, 1.54) is 10.5 Å². The van der Waals surface area contributed by atoms with Gasteiger partial charge in [-0.25, -0.2) is 4.79 Å². The van der Waals surface area contributed by atoms with Gasteiger partial charge in [-0.1, -0.05) is 41.4 Å². The molecule has 3 fully saturated rings. The minimum Gasteiger partial charge on any atom is -0.343 e. The molecule has 0 saturated carbocycles. The van der Waals surface area contributed by atoms with Crippen LogP contribution in [0.4, 0.5) is 10.5 Å². The molecule has 8 heteroatoms. The molecule has 3 atom stereocenters. The lowest BCUT2D eigenvalue weighted by molar-refractivity contribution is -0.139. The first-order chi connectivity index (χ1) is 14.9. The molecule has 3 saturated heterocycles. The molecule has 2 aromatic rings. The smallest absolute Gasteiger partial charge is 0.328 e. The van der Waals surface area contributed by atoms with Gasteiger partial charge in [0.15, 0.2) is 0 Å². The predicted octanol–water partition coefficient (Wildman–Crippen LogP) is 2.84. The van der Waals surface area contributed by atoms with Gasteiger partial charge >= 0.3 is 6.03 Å². The zero-order valence-electron chi connectivity index (χ0n) is 17.7. The number of imide groups is 1. The molecule has 5 rings (SSSR count). The van der Waals surface area contributed by atoms with Gasteiger partial charge in [0.1, 0.15) is 18.5 Å². The highest BCUT2D eigenvalue weighted by Gasteiger charge is 2.56. The molecular formula is C23H26ClN5O2. The van der Waals surface area contributed by atoms with E-state index in [-0.39, 0.29) is 30.9 Å². The molecule has 2 aromatic carbocycles. The molecule has 0 radical (unpaired) electrons. The molecule has 3 aliphatic heterocycles. The van der Waals surface area contributed by atoms with Crippen LogP contribution in [0.3, 0.4) is 0 Å². The summed E-state index contributed by atoms with van der Waals surface area (Å²) < 4.78 is 0. The van der Waals surface area contributed by atoms with Gasteiger partial charge in [0, 0.05) is 30.8 Å². The van der Waals surface area contributed by atoms with Gasteiger partial charge in [0.25, 0.3) is 5.91 Å². The van der Waals surface area contributed by atoms with Crippen molar-refractivity contribution in [2.75, 3.05) is 25.0 Å².